The summed E-state index contributed by atoms with van der Waals surface area (Å²) in [5.74, 6) is -0.287. The van der Waals surface area contributed by atoms with Crippen molar-refractivity contribution in [2.45, 2.75) is 52.1 Å². The highest BCUT2D eigenvalue weighted by Crippen LogP contribution is 2.47. The molecule has 0 spiro atoms. The number of carbonyl (C=O) groups is 1. The third kappa shape index (κ3) is 2.08. The van der Waals surface area contributed by atoms with Gasteiger partial charge in [-0.25, -0.2) is 0 Å². The predicted octanol–water partition coefficient (Wildman–Crippen LogP) is 1.88. The molecule has 82 valence electrons. The number of rotatable bonds is 3. The SMILES string of the molecule is CCOC(=O)CC1(O)CCCC1(C)C. The van der Waals surface area contributed by atoms with Crippen LogP contribution in [0.25, 0.3) is 0 Å². The quantitative estimate of drug-likeness (QED) is 0.707. The Balaban J connectivity index is 2.61. The van der Waals surface area contributed by atoms with Crippen molar-refractivity contribution in [1.29, 1.82) is 0 Å². The molecule has 0 radical (unpaired) electrons. The van der Waals surface area contributed by atoms with Gasteiger partial charge in [-0.2, -0.15) is 0 Å². The summed E-state index contributed by atoms with van der Waals surface area (Å²) in [6.45, 7) is 6.19. The molecule has 1 atom stereocenters. The van der Waals surface area contributed by atoms with Gasteiger partial charge in [0.15, 0.2) is 0 Å². The van der Waals surface area contributed by atoms with Gasteiger partial charge in [0.05, 0.1) is 18.6 Å². The summed E-state index contributed by atoms with van der Waals surface area (Å²) in [6, 6.07) is 0. The molecule has 0 aliphatic heterocycles. The summed E-state index contributed by atoms with van der Waals surface area (Å²) >= 11 is 0. The van der Waals surface area contributed by atoms with Gasteiger partial charge in [0.2, 0.25) is 0 Å². The Morgan fingerprint density at radius 3 is 2.50 bits per heavy atom. The Hall–Kier alpha value is -0.570. The Morgan fingerprint density at radius 2 is 2.07 bits per heavy atom. The second kappa shape index (κ2) is 3.89. The van der Waals surface area contributed by atoms with E-state index in [-0.39, 0.29) is 17.8 Å². The number of hydrogen-bond acceptors (Lipinski definition) is 3. The van der Waals surface area contributed by atoms with E-state index < -0.39 is 5.60 Å². The lowest BCUT2D eigenvalue weighted by atomic mass is 9.76. The molecule has 1 N–H and O–H groups in total. The second-order valence-electron chi connectivity index (χ2n) is 4.75. The van der Waals surface area contributed by atoms with Gasteiger partial charge in [-0.05, 0) is 31.6 Å². The first-order valence-electron chi connectivity index (χ1n) is 5.29. The van der Waals surface area contributed by atoms with Crippen LogP contribution < -0.4 is 0 Å². The maximum Gasteiger partial charge on any atom is 0.308 e. The average Bonchev–Trinajstić information content (AvgIpc) is 2.26. The topological polar surface area (TPSA) is 46.5 Å². The smallest absolute Gasteiger partial charge is 0.308 e. The fourth-order valence-electron chi connectivity index (χ4n) is 2.17. The van der Waals surface area contributed by atoms with Gasteiger partial charge >= 0.3 is 5.97 Å². The van der Waals surface area contributed by atoms with Crippen LogP contribution in [0, 0.1) is 5.41 Å². The Bertz CT molecular complexity index is 223. The van der Waals surface area contributed by atoms with Crippen molar-refractivity contribution >= 4 is 5.97 Å². The van der Waals surface area contributed by atoms with E-state index in [1.807, 2.05) is 13.8 Å². The Morgan fingerprint density at radius 1 is 1.43 bits per heavy atom. The van der Waals surface area contributed by atoms with E-state index in [4.69, 9.17) is 4.74 Å². The fourth-order valence-corrected chi connectivity index (χ4v) is 2.17. The maximum absolute atomic E-state index is 11.3. The zero-order chi connectivity index (χ0) is 10.8. The monoisotopic (exact) mass is 200 g/mol. The molecule has 14 heavy (non-hydrogen) atoms. The third-order valence-electron chi connectivity index (χ3n) is 3.39. The molecule has 0 bridgehead atoms. The first-order valence-corrected chi connectivity index (χ1v) is 5.29. The molecule has 0 aromatic heterocycles. The summed E-state index contributed by atoms with van der Waals surface area (Å²) in [5.41, 5.74) is -1.03. The van der Waals surface area contributed by atoms with E-state index in [1.54, 1.807) is 6.92 Å². The molecule has 1 aliphatic rings. The maximum atomic E-state index is 11.3. The minimum atomic E-state index is -0.862. The van der Waals surface area contributed by atoms with Crippen LogP contribution in [-0.2, 0) is 9.53 Å². The summed E-state index contributed by atoms with van der Waals surface area (Å²) in [7, 11) is 0. The van der Waals surface area contributed by atoms with Crippen LogP contribution in [0.15, 0.2) is 0 Å². The van der Waals surface area contributed by atoms with Crippen molar-refractivity contribution in [3.8, 4) is 0 Å². The van der Waals surface area contributed by atoms with Crippen LogP contribution in [0.1, 0.15) is 46.5 Å². The minimum absolute atomic E-state index is 0.133. The summed E-state index contributed by atoms with van der Waals surface area (Å²) in [6.07, 6.45) is 2.80. The molecule has 1 unspecified atom stereocenters. The lowest BCUT2D eigenvalue weighted by Gasteiger charge is -2.35. The van der Waals surface area contributed by atoms with Crippen molar-refractivity contribution in [3.63, 3.8) is 0 Å². The number of hydrogen-bond donors (Lipinski definition) is 1. The molecule has 3 nitrogen and oxygen atoms in total. The molecule has 0 heterocycles. The average molecular weight is 200 g/mol. The van der Waals surface area contributed by atoms with Crippen molar-refractivity contribution in [2.24, 2.45) is 5.41 Å². The van der Waals surface area contributed by atoms with Crippen molar-refractivity contribution < 1.29 is 14.6 Å². The standard InChI is InChI=1S/C11H20O3/c1-4-14-9(12)8-11(13)7-5-6-10(11,2)3/h13H,4-8H2,1-3H3. The highest BCUT2D eigenvalue weighted by atomic mass is 16.5. The van der Waals surface area contributed by atoms with Crippen LogP contribution >= 0.6 is 0 Å². The Kier molecular flexibility index (Phi) is 3.20. The largest absolute Gasteiger partial charge is 0.466 e. The fraction of sp³-hybridized carbons (Fsp3) is 0.909. The normalized spacial score (nSPS) is 30.3. The summed E-state index contributed by atoms with van der Waals surface area (Å²) in [5, 5.41) is 10.3. The highest BCUT2D eigenvalue weighted by molar-refractivity contribution is 5.70. The molecular weight excluding hydrogens is 180 g/mol. The molecule has 0 amide bonds. The predicted molar refractivity (Wildman–Crippen MR) is 53.8 cm³/mol. The zero-order valence-electron chi connectivity index (χ0n) is 9.30. The number of aliphatic hydroxyl groups is 1. The summed E-state index contributed by atoms with van der Waals surface area (Å²) in [4.78, 5) is 11.3. The third-order valence-corrected chi connectivity index (χ3v) is 3.39. The molecule has 1 saturated carbocycles. The number of esters is 1. The van der Waals surface area contributed by atoms with E-state index >= 15 is 0 Å². The van der Waals surface area contributed by atoms with E-state index in [1.165, 1.54) is 0 Å². The molecule has 0 saturated heterocycles. The van der Waals surface area contributed by atoms with Gasteiger partial charge in [-0.1, -0.05) is 13.8 Å². The van der Waals surface area contributed by atoms with Crippen molar-refractivity contribution in [1.82, 2.24) is 0 Å². The van der Waals surface area contributed by atoms with Crippen LogP contribution in [0.4, 0.5) is 0 Å². The van der Waals surface area contributed by atoms with Gasteiger partial charge < -0.3 is 9.84 Å². The molecule has 1 fully saturated rings. The lowest BCUT2D eigenvalue weighted by Crippen LogP contribution is -2.42. The highest BCUT2D eigenvalue weighted by Gasteiger charge is 2.48. The first-order chi connectivity index (χ1) is 6.41. The van der Waals surface area contributed by atoms with Gasteiger partial charge in [0.25, 0.3) is 0 Å². The first kappa shape index (κ1) is 11.5. The van der Waals surface area contributed by atoms with E-state index in [2.05, 4.69) is 0 Å². The van der Waals surface area contributed by atoms with Crippen molar-refractivity contribution in [3.05, 3.63) is 0 Å². The molecular formula is C11H20O3. The van der Waals surface area contributed by atoms with Crippen molar-refractivity contribution in [2.75, 3.05) is 6.61 Å². The van der Waals surface area contributed by atoms with E-state index in [9.17, 15) is 9.90 Å². The zero-order valence-corrected chi connectivity index (χ0v) is 9.30. The van der Waals surface area contributed by atoms with Gasteiger partial charge in [0.1, 0.15) is 0 Å². The summed E-state index contributed by atoms with van der Waals surface area (Å²) < 4.78 is 4.86. The molecule has 0 aromatic rings. The molecule has 1 aliphatic carbocycles. The molecule has 1 rings (SSSR count). The number of carbonyl (C=O) groups excluding carboxylic acids is 1. The van der Waals surface area contributed by atoms with Gasteiger partial charge in [0, 0.05) is 0 Å². The van der Waals surface area contributed by atoms with Crippen LogP contribution in [0.3, 0.4) is 0 Å². The van der Waals surface area contributed by atoms with Crippen LogP contribution in [0.5, 0.6) is 0 Å². The van der Waals surface area contributed by atoms with Gasteiger partial charge in [-0.15, -0.1) is 0 Å². The second-order valence-corrected chi connectivity index (χ2v) is 4.75. The Labute approximate surface area is 85.5 Å². The minimum Gasteiger partial charge on any atom is -0.466 e. The van der Waals surface area contributed by atoms with E-state index in [0.29, 0.717) is 13.0 Å². The molecule has 3 heteroatoms. The lowest BCUT2D eigenvalue weighted by molar-refractivity contribution is -0.153. The number of ether oxygens (including phenoxy) is 1. The van der Waals surface area contributed by atoms with Gasteiger partial charge in [-0.3, -0.25) is 4.79 Å². The van der Waals surface area contributed by atoms with Crippen LogP contribution in [0.2, 0.25) is 0 Å². The van der Waals surface area contributed by atoms with Crippen LogP contribution in [-0.4, -0.2) is 23.3 Å². The van der Waals surface area contributed by atoms with E-state index in [0.717, 1.165) is 12.8 Å². The molecule has 0 aromatic carbocycles.